The molecule has 4 nitrogen and oxygen atoms in total. The zero-order chi connectivity index (χ0) is 11.9. The molecule has 1 saturated heterocycles. The largest absolute Gasteiger partial charge is 0.478 e. The summed E-state index contributed by atoms with van der Waals surface area (Å²) >= 11 is 0. The highest BCUT2D eigenvalue weighted by Crippen LogP contribution is 2.15. The van der Waals surface area contributed by atoms with E-state index in [1.807, 2.05) is 6.07 Å². The molecule has 2 heterocycles. The van der Waals surface area contributed by atoms with Crippen LogP contribution in [0.3, 0.4) is 0 Å². The summed E-state index contributed by atoms with van der Waals surface area (Å²) < 4.78 is 5.67. The number of hydrogen-bond donors (Lipinski definition) is 1. The van der Waals surface area contributed by atoms with Crippen LogP contribution in [0.15, 0.2) is 12.4 Å². The first kappa shape index (κ1) is 12.3. The number of nitrogens with one attached hydrogen (secondary N) is 1. The third-order valence-electron chi connectivity index (χ3n) is 3.24. The first-order valence-electron chi connectivity index (χ1n) is 6.53. The highest BCUT2D eigenvalue weighted by Gasteiger charge is 2.12. The van der Waals surface area contributed by atoms with Crippen LogP contribution in [-0.4, -0.2) is 29.7 Å². The molecule has 0 radical (unpaired) electrons. The number of rotatable bonds is 5. The van der Waals surface area contributed by atoms with Gasteiger partial charge in [0.25, 0.3) is 0 Å². The molecule has 0 spiro atoms. The maximum Gasteiger partial charge on any atom is 0.216 e. The third-order valence-corrected chi connectivity index (χ3v) is 3.24. The van der Waals surface area contributed by atoms with E-state index in [4.69, 9.17) is 4.74 Å². The molecule has 1 unspecified atom stereocenters. The molecule has 1 N–H and O–H groups in total. The summed E-state index contributed by atoms with van der Waals surface area (Å²) in [5, 5.41) is 3.42. The van der Waals surface area contributed by atoms with Crippen molar-refractivity contribution < 1.29 is 4.74 Å². The minimum Gasteiger partial charge on any atom is -0.478 e. The monoisotopic (exact) mass is 235 g/mol. The lowest BCUT2D eigenvalue weighted by Gasteiger charge is -2.22. The Bertz CT molecular complexity index is 337. The van der Waals surface area contributed by atoms with Gasteiger partial charge in [-0.25, -0.2) is 9.97 Å². The van der Waals surface area contributed by atoms with Crippen LogP contribution in [0.25, 0.3) is 0 Å². The number of hydrogen-bond acceptors (Lipinski definition) is 4. The van der Waals surface area contributed by atoms with Crippen molar-refractivity contribution in [3.8, 4) is 5.88 Å². The number of ether oxygens (including phenoxy) is 1. The summed E-state index contributed by atoms with van der Waals surface area (Å²) in [5.41, 5.74) is 1.04. The van der Waals surface area contributed by atoms with Gasteiger partial charge in [0.2, 0.25) is 5.88 Å². The number of aromatic nitrogens is 2. The number of aryl methyl sites for hydroxylation is 1. The molecule has 1 aromatic heterocycles. The fraction of sp³-hybridized carbons (Fsp3) is 0.692. The molecule has 94 valence electrons. The zero-order valence-corrected chi connectivity index (χ0v) is 10.5. The van der Waals surface area contributed by atoms with Crippen LogP contribution in [0, 0.1) is 5.92 Å². The second-order valence-corrected chi connectivity index (χ2v) is 4.55. The van der Waals surface area contributed by atoms with Crippen molar-refractivity contribution in [3.05, 3.63) is 18.1 Å². The van der Waals surface area contributed by atoms with Gasteiger partial charge in [0, 0.05) is 11.8 Å². The van der Waals surface area contributed by atoms with E-state index in [0.717, 1.165) is 37.6 Å². The Labute approximate surface area is 103 Å². The van der Waals surface area contributed by atoms with Crippen LogP contribution in [0.2, 0.25) is 0 Å². The molecule has 0 aliphatic carbocycles. The van der Waals surface area contributed by atoms with E-state index in [-0.39, 0.29) is 0 Å². The summed E-state index contributed by atoms with van der Waals surface area (Å²) in [4.78, 5) is 8.28. The molecule has 0 saturated carbocycles. The molecule has 1 aromatic rings. The predicted molar refractivity (Wildman–Crippen MR) is 67.1 cm³/mol. The minimum absolute atomic E-state index is 0.709. The Hall–Kier alpha value is -1.16. The lowest BCUT2D eigenvalue weighted by atomic mass is 9.97. The summed E-state index contributed by atoms with van der Waals surface area (Å²) in [7, 11) is 0. The van der Waals surface area contributed by atoms with E-state index in [9.17, 15) is 0 Å². The van der Waals surface area contributed by atoms with Crippen molar-refractivity contribution in [1.29, 1.82) is 0 Å². The van der Waals surface area contributed by atoms with Crippen molar-refractivity contribution in [2.45, 2.75) is 32.6 Å². The van der Waals surface area contributed by atoms with Gasteiger partial charge in [-0.1, -0.05) is 6.92 Å². The van der Waals surface area contributed by atoms with Crippen LogP contribution >= 0.6 is 0 Å². The van der Waals surface area contributed by atoms with Crippen molar-refractivity contribution in [1.82, 2.24) is 15.3 Å². The zero-order valence-electron chi connectivity index (χ0n) is 10.5. The molecule has 0 aromatic carbocycles. The maximum absolute atomic E-state index is 5.67. The van der Waals surface area contributed by atoms with E-state index in [0.29, 0.717) is 5.88 Å². The highest BCUT2D eigenvalue weighted by molar-refractivity contribution is 5.13. The average molecular weight is 235 g/mol. The van der Waals surface area contributed by atoms with E-state index >= 15 is 0 Å². The van der Waals surface area contributed by atoms with Crippen LogP contribution in [0.4, 0.5) is 0 Å². The molecule has 2 rings (SSSR count). The molecular weight excluding hydrogens is 214 g/mol. The molecule has 1 fully saturated rings. The van der Waals surface area contributed by atoms with E-state index in [2.05, 4.69) is 22.2 Å². The van der Waals surface area contributed by atoms with Gasteiger partial charge in [-0.3, -0.25) is 0 Å². The van der Waals surface area contributed by atoms with Gasteiger partial charge in [-0.05, 0) is 44.7 Å². The van der Waals surface area contributed by atoms with E-state index in [1.165, 1.54) is 19.4 Å². The van der Waals surface area contributed by atoms with Crippen molar-refractivity contribution in [2.75, 3.05) is 19.7 Å². The van der Waals surface area contributed by atoms with Crippen molar-refractivity contribution in [3.63, 3.8) is 0 Å². The Morgan fingerprint density at radius 1 is 1.47 bits per heavy atom. The van der Waals surface area contributed by atoms with Gasteiger partial charge in [0.15, 0.2) is 0 Å². The molecule has 17 heavy (non-hydrogen) atoms. The van der Waals surface area contributed by atoms with Crippen LogP contribution in [0.5, 0.6) is 5.88 Å². The van der Waals surface area contributed by atoms with Crippen molar-refractivity contribution >= 4 is 0 Å². The quantitative estimate of drug-likeness (QED) is 0.845. The van der Waals surface area contributed by atoms with E-state index in [1.54, 1.807) is 6.33 Å². The maximum atomic E-state index is 5.67. The lowest BCUT2D eigenvalue weighted by Crippen LogP contribution is -2.30. The summed E-state index contributed by atoms with van der Waals surface area (Å²) in [6, 6.07) is 1.93. The van der Waals surface area contributed by atoms with Gasteiger partial charge >= 0.3 is 0 Å². The average Bonchev–Trinajstić information content (AvgIpc) is 2.40. The predicted octanol–water partition coefficient (Wildman–Crippen LogP) is 1.81. The standard InChI is InChI=1S/C13H21N3O/c1-2-12-8-13(16-10-15-12)17-7-5-11-4-3-6-14-9-11/h8,10-11,14H,2-7,9H2,1H3. The Morgan fingerprint density at radius 3 is 3.18 bits per heavy atom. The Morgan fingerprint density at radius 2 is 2.41 bits per heavy atom. The summed E-state index contributed by atoms with van der Waals surface area (Å²) in [6.07, 6.45) is 6.22. The molecule has 0 amide bonds. The summed E-state index contributed by atoms with van der Waals surface area (Å²) in [5.74, 6) is 1.47. The van der Waals surface area contributed by atoms with Crippen LogP contribution in [0.1, 0.15) is 31.9 Å². The second kappa shape index (κ2) is 6.55. The molecule has 1 atom stereocenters. The smallest absolute Gasteiger partial charge is 0.216 e. The molecule has 0 bridgehead atoms. The number of piperidine rings is 1. The number of nitrogens with zero attached hydrogens (tertiary/aromatic N) is 2. The first-order chi connectivity index (χ1) is 8.38. The lowest BCUT2D eigenvalue weighted by molar-refractivity contribution is 0.247. The second-order valence-electron chi connectivity index (χ2n) is 4.55. The molecule has 1 aliphatic rings. The fourth-order valence-corrected chi connectivity index (χ4v) is 2.15. The SMILES string of the molecule is CCc1cc(OCCC2CCCNC2)ncn1. The molecule has 1 aliphatic heterocycles. The van der Waals surface area contributed by atoms with Gasteiger partial charge in [-0.15, -0.1) is 0 Å². The summed E-state index contributed by atoms with van der Waals surface area (Å²) in [6.45, 7) is 5.14. The fourth-order valence-electron chi connectivity index (χ4n) is 2.15. The first-order valence-corrected chi connectivity index (χ1v) is 6.53. The Balaban J connectivity index is 1.73. The van der Waals surface area contributed by atoms with Gasteiger partial charge in [0.1, 0.15) is 6.33 Å². The molecule has 4 heteroatoms. The van der Waals surface area contributed by atoms with Gasteiger partial charge in [-0.2, -0.15) is 0 Å². The van der Waals surface area contributed by atoms with Crippen LogP contribution in [-0.2, 0) is 6.42 Å². The van der Waals surface area contributed by atoms with Gasteiger partial charge < -0.3 is 10.1 Å². The highest BCUT2D eigenvalue weighted by atomic mass is 16.5. The van der Waals surface area contributed by atoms with Crippen molar-refractivity contribution in [2.24, 2.45) is 5.92 Å². The third kappa shape index (κ3) is 3.97. The molecular formula is C13H21N3O. The van der Waals surface area contributed by atoms with Crippen LogP contribution < -0.4 is 10.1 Å². The minimum atomic E-state index is 0.709. The Kier molecular flexibility index (Phi) is 4.74. The normalized spacial score (nSPS) is 20.2. The van der Waals surface area contributed by atoms with E-state index < -0.39 is 0 Å². The topological polar surface area (TPSA) is 47.0 Å². The van der Waals surface area contributed by atoms with Gasteiger partial charge in [0.05, 0.1) is 6.61 Å².